The lowest BCUT2D eigenvalue weighted by atomic mass is 9.85. The van der Waals surface area contributed by atoms with Crippen LogP contribution in [0.1, 0.15) is 59.4 Å². The molecule has 0 saturated carbocycles. The van der Waals surface area contributed by atoms with Gasteiger partial charge in [0.05, 0.1) is 24.9 Å². The first-order chi connectivity index (χ1) is 23.1. The normalized spacial score (nSPS) is 21.2. The third-order valence-corrected chi connectivity index (χ3v) is 9.49. The minimum Gasteiger partial charge on any atom is -0.403 e. The Bertz CT molecular complexity index is 1450. The Hall–Kier alpha value is -4.44. The molecule has 1 aromatic rings. The molecule has 0 aromatic heterocycles. The highest BCUT2D eigenvalue weighted by atomic mass is 32.2. The van der Waals surface area contributed by atoms with Crippen molar-refractivity contribution in [1.82, 2.24) is 31.5 Å². The number of nitrogens with two attached hydrogens (primary N) is 1. The van der Waals surface area contributed by atoms with Crippen LogP contribution in [-0.2, 0) is 35.3 Å². The smallest absolute Gasteiger partial charge is 0.271 e. The average Bonchev–Trinajstić information content (AvgIpc) is 3.63. The molecule has 2 aliphatic rings. The SMILES string of the molecule is CC=N/C(=C\N)C(=O)NCC(=O)NC(C(=O)N1CC2(CC1C(=O)NC(CCC)C(O)C(=O)NCc1ccccc1)NC(=O)CS2)C(C)(C)C. The van der Waals surface area contributed by atoms with Crippen LogP contribution in [0, 0.1) is 5.41 Å². The van der Waals surface area contributed by atoms with Gasteiger partial charge in [0.15, 0.2) is 6.10 Å². The molecule has 6 amide bonds. The summed E-state index contributed by atoms with van der Waals surface area (Å²) >= 11 is 1.29. The van der Waals surface area contributed by atoms with Crippen LogP contribution in [0.15, 0.2) is 47.2 Å². The standard InChI is InChI=1S/C33H48N8O7S/c1-6-11-21(26(44)30(47)36-16-20-12-9-8-10-13-20)38-29(46)23-14-33(40-25(43)18-49-33)19-41(23)31(48)27(32(3,4)5)39-24(42)17-37-28(45)22(15-34)35-7-2/h7-10,12-13,15,21,23,26-27,44H,6,11,14,16-19,34H2,1-5H3,(H,36,47)(H,37,45)(H,38,46)(H,39,42)(H,40,43)/b22-15-,35-7?. The van der Waals surface area contributed by atoms with E-state index in [1.807, 2.05) is 37.3 Å². The van der Waals surface area contributed by atoms with Gasteiger partial charge in [0.2, 0.25) is 23.6 Å². The molecule has 15 nitrogen and oxygen atoms in total. The second-order valence-corrected chi connectivity index (χ2v) is 14.4. The molecule has 0 aliphatic carbocycles. The minimum absolute atomic E-state index is 0.0161. The molecular formula is C33H48N8O7S. The van der Waals surface area contributed by atoms with E-state index in [4.69, 9.17) is 5.73 Å². The molecule has 1 spiro atoms. The minimum atomic E-state index is -1.57. The summed E-state index contributed by atoms with van der Waals surface area (Å²) in [7, 11) is 0. The zero-order chi connectivity index (χ0) is 36.4. The van der Waals surface area contributed by atoms with Crippen molar-refractivity contribution in [3.63, 3.8) is 0 Å². The number of aliphatic imine (C=N–C) groups is 1. The average molecular weight is 701 g/mol. The second kappa shape index (κ2) is 17.3. The Kier molecular flexibility index (Phi) is 13.8. The lowest BCUT2D eigenvalue weighted by Gasteiger charge is -2.36. The third kappa shape index (κ3) is 10.5. The largest absolute Gasteiger partial charge is 0.403 e. The van der Waals surface area contributed by atoms with E-state index in [-0.39, 0.29) is 43.3 Å². The highest BCUT2D eigenvalue weighted by Gasteiger charge is 2.54. The number of aliphatic hydroxyl groups excluding tert-OH is 1. The first-order valence-electron chi connectivity index (χ1n) is 16.2. The molecule has 2 heterocycles. The molecule has 0 bridgehead atoms. The number of thioether (sulfide) groups is 1. The van der Waals surface area contributed by atoms with E-state index in [0.717, 1.165) is 11.8 Å². The van der Waals surface area contributed by atoms with E-state index in [2.05, 4.69) is 31.6 Å². The number of carbonyl (C=O) groups is 6. The number of carbonyl (C=O) groups excluding carboxylic acids is 6. The Morgan fingerprint density at radius 2 is 1.86 bits per heavy atom. The number of hydrogen-bond acceptors (Lipinski definition) is 10. The van der Waals surface area contributed by atoms with Crippen LogP contribution in [-0.4, -0.2) is 99.6 Å². The monoisotopic (exact) mass is 700 g/mol. The summed E-state index contributed by atoms with van der Waals surface area (Å²) in [5, 5.41) is 24.5. The number of hydrogen-bond donors (Lipinski definition) is 7. The van der Waals surface area contributed by atoms with Gasteiger partial charge in [0.25, 0.3) is 11.8 Å². The molecule has 5 unspecified atom stereocenters. The topological polar surface area (TPSA) is 224 Å². The van der Waals surface area contributed by atoms with Crippen LogP contribution in [0.4, 0.5) is 0 Å². The molecule has 3 rings (SSSR count). The fraction of sp³-hybridized carbons (Fsp3) is 0.545. The van der Waals surface area contributed by atoms with Crippen LogP contribution in [0.3, 0.4) is 0 Å². The summed E-state index contributed by atoms with van der Waals surface area (Å²) in [5.41, 5.74) is 5.35. The number of rotatable bonds is 14. The molecule has 2 fully saturated rings. The van der Waals surface area contributed by atoms with Gasteiger partial charge in [-0.1, -0.05) is 64.4 Å². The highest BCUT2D eigenvalue weighted by molar-refractivity contribution is 8.01. The summed E-state index contributed by atoms with van der Waals surface area (Å²) in [6.45, 7) is 8.38. The lowest BCUT2D eigenvalue weighted by Crippen LogP contribution is -2.60. The Labute approximate surface area is 290 Å². The van der Waals surface area contributed by atoms with Gasteiger partial charge in [-0.3, -0.25) is 33.8 Å². The maximum atomic E-state index is 14.3. The number of amides is 6. The fourth-order valence-electron chi connectivity index (χ4n) is 5.63. The van der Waals surface area contributed by atoms with E-state index < -0.39 is 70.6 Å². The van der Waals surface area contributed by atoms with Crippen LogP contribution in [0.25, 0.3) is 0 Å². The molecule has 2 aliphatic heterocycles. The molecule has 8 N–H and O–H groups in total. The number of likely N-dealkylation sites (tertiary alicyclic amines) is 1. The lowest BCUT2D eigenvalue weighted by molar-refractivity contribution is -0.144. The quantitative estimate of drug-likeness (QED) is 0.0993. The van der Waals surface area contributed by atoms with Crippen LogP contribution < -0.4 is 32.3 Å². The van der Waals surface area contributed by atoms with E-state index in [0.29, 0.717) is 6.42 Å². The maximum Gasteiger partial charge on any atom is 0.271 e. The first kappa shape index (κ1) is 39.0. The molecule has 0 radical (unpaired) electrons. The number of nitrogens with one attached hydrogen (secondary N) is 5. The Morgan fingerprint density at radius 1 is 1.16 bits per heavy atom. The Morgan fingerprint density at radius 3 is 2.43 bits per heavy atom. The summed E-state index contributed by atoms with van der Waals surface area (Å²) in [6, 6.07) is 5.99. The van der Waals surface area contributed by atoms with Gasteiger partial charge < -0.3 is 42.3 Å². The number of nitrogens with zero attached hydrogens (tertiary/aromatic N) is 2. The van der Waals surface area contributed by atoms with Crippen molar-refractivity contribution in [3.05, 3.63) is 47.8 Å². The summed E-state index contributed by atoms with van der Waals surface area (Å²) in [6.07, 6.45) is 1.70. The zero-order valence-corrected chi connectivity index (χ0v) is 29.4. The predicted molar refractivity (Wildman–Crippen MR) is 185 cm³/mol. The van der Waals surface area contributed by atoms with Crippen LogP contribution in [0.5, 0.6) is 0 Å². The fourth-order valence-corrected chi connectivity index (χ4v) is 6.80. The molecule has 268 valence electrons. The van der Waals surface area contributed by atoms with Crippen molar-refractivity contribution in [3.8, 4) is 0 Å². The second-order valence-electron chi connectivity index (χ2n) is 13.1. The molecule has 16 heteroatoms. The number of benzene rings is 1. The molecule has 49 heavy (non-hydrogen) atoms. The maximum absolute atomic E-state index is 14.3. The van der Waals surface area contributed by atoms with Gasteiger partial charge in [-0.05, 0) is 24.3 Å². The molecule has 1 aromatic carbocycles. The molecule has 5 atom stereocenters. The van der Waals surface area contributed by atoms with Crippen molar-refractivity contribution in [1.29, 1.82) is 0 Å². The van der Waals surface area contributed by atoms with E-state index in [9.17, 15) is 33.9 Å². The number of aliphatic hydroxyl groups is 1. The van der Waals surface area contributed by atoms with Crippen LogP contribution in [0.2, 0.25) is 0 Å². The predicted octanol–water partition coefficient (Wildman–Crippen LogP) is -0.353. The molecule has 2 saturated heterocycles. The van der Waals surface area contributed by atoms with Gasteiger partial charge in [-0.25, -0.2) is 0 Å². The van der Waals surface area contributed by atoms with Gasteiger partial charge in [0, 0.05) is 25.4 Å². The van der Waals surface area contributed by atoms with E-state index in [1.165, 1.54) is 22.9 Å². The van der Waals surface area contributed by atoms with E-state index in [1.54, 1.807) is 27.7 Å². The van der Waals surface area contributed by atoms with Crippen molar-refractivity contribution in [2.75, 3.05) is 18.8 Å². The van der Waals surface area contributed by atoms with Crippen LogP contribution >= 0.6 is 11.8 Å². The van der Waals surface area contributed by atoms with Crippen molar-refractivity contribution < 1.29 is 33.9 Å². The van der Waals surface area contributed by atoms with Gasteiger partial charge in [-0.2, -0.15) is 0 Å². The summed E-state index contributed by atoms with van der Waals surface area (Å²) < 4.78 is 0. The first-order valence-corrected chi connectivity index (χ1v) is 17.2. The van der Waals surface area contributed by atoms with Crippen molar-refractivity contribution >= 4 is 53.4 Å². The van der Waals surface area contributed by atoms with E-state index >= 15 is 0 Å². The van der Waals surface area contributed by atoms with Crippen molar-refractivity contribution in [2.24, 2.45) is 16.1 Å². The molecular weight excluding hydrogens is 652 g/mol. The summed E-state index contributed by atoms with van der Waals surface area (Å²) in [5.74, 6) is -3.27. The highest BCUT2D eigenvalue weighted by Crippen LogP contribution is 2.41. The zero-order valence-electron chi connectivity index (χ0n) is 28.6. The van der Waals surface area contributed by atoms with Gasteiger partial charge in [0.1, 0.15) is 22.7 Å². The summed E-state index contributed by atoms with van der Waals surface area (Å²) in [4.78, 5) is 83.1. The van der Waals surface area contributed by atoms with Crippen molar-refractivity contribution in [2.45, 2.75) is 89.5 Å². The third-order valence-electron chi connectivity index (χ3n) is 8.13. The van der Waals surface area contributed by atoms with Gasteiger partial charge in [-0.15, -0.1) is 11.8 Å². The van der Waals surface area contributed by atoms with Gasteiger partial charge >= 0.3 is 0 Å². The Balaban J connectivity index is 1.80.